The van der Waals surface area contributed by atoms with Crippen LogP contribution >= 0.6 is 34.8 Å². The number of fused-ring (bicyclic) bond motifs is 1. The fourth-order valence-electron chi connectivity index (χ4n) is 2.99. The molecule has 1 aromatic carbocycles. The summed E-state index contributed by atoms with van der Waals surface area (Å²) < 4.78 is 3.21. The number of aromatic nitrogens is 5. The van der Waals surface area contributed by atoms with Gasteiger partial charge in [-0.2, -0.15) is 10.2 Å². The third-order valence-electron chi connectivity index (χ3n) is 4.32. The van der Waals surface area contributed by atoms with Gasteiger partial charge in [0.05, 0.1) is 12.7 Å². The van der Waals surface area contributed by atoms with Gasteiger partial charge in [0, 0.05) is 27.6 Å². The van der Waals surface area contributed by atoms with Crippen LogP contribution in [0.5, 0.6) is 0 Å². The van der Waals surface area contributed by atoms with Gasteiger partial charge in [0.1, 0.15) is 10.6 Å². The van der Waals surface area contributed by atoms with Gasteiger partial charge in [0.25, 0.3) is 5.91 Å². The Bertz CT molecular complexity index is 1250. The molecular formula is C19H15Cl3N6O. The largest absolute Gasteiger partial charge is 0.304 e. The molecule has 0 spiro atoms. The Morgan fingerprint density at radius 3 is 2.69 bits per heavy atom. The van der Waals surface area contributed by atoms with Gasteiger partial charge in [0.2, 0.25) is 0 Å². The van der Waals surface area contributed by atoms with Crippen molar-refractivity contribution in [3.8, 4) is 0 Å². The number of carbonyl (C=O) groups is 1. The summed E-state index contributed by atoms with van der Waals surface area (Å²) in [5.74, 6) is -0.153. The molecule has 0 unspecified atom stereocenters. The van der Waals surface area contributed by atoms with Crippen molar-refractivity contribution < 1.29 is 4.79 Å². The number of carbonyl (C=O) groups excluding carboxylic acids is 1. The number of anilines is 1. The molecule has 4 rings (SSSR count). The fraction of sp³-hybridized carbons (Fsp3) is 0.158. The Balaban J connectivity index is 1.58. The average Bonchev–Trinajstić information content (AvgIpc) is 3.21. The van der Waals surface area contributed by atoms with E-state index in [1.165, 1.54) is 6.20 Å². The van der Waals surface area contributed by atoms with Crippen molar-refractivity contribution in [2.75, 3.05) is 5.32 Å². The fourth-order valence-corrected chi connectivity index (χ4v) is 3.66. The standard InChI is InChI=1S/C19H15Cl3N6O/c1-10-5-11(2)28-18(24-10)14(7-23-28)19(29)25-17-16(22)9-27(26-17)8-12-3-4-13(20)6-15(12)21/h3-7,9H,8H2,1-2H3,(H,25,26,29). The van der Waals surface area contributed by atoms with Crippen LogP contribution < -0.4 is 5.32 Å². The lowest BCUT2D eigenvalue weighted by Gasteiger charge is -2.05. The van der Waals surface area contributed by atoms with Crippen molar-refractivity contribution in [2.24, 2.45) is 0 Å². The normalized spacial score (nSPS) is 11.2. The Morgan fingerprint density at radius 1 is 1.14 bits per heavy atom. The maximum absolute atomic E-state index is 12.8. The van der Waals surface area contributed by atoms with Gasteiger partial charge in [-0.1, -0.05) is 40.9 Å². The van der Waals surface area contributed by atoms with Crippen molar-refractivity contribution in [1.82, 2.24) is 24.4 Å². The third kappa shape index (κ3) is 3.94. The molecule has 0 saturated heterocycles. The molecule has 4 aromatic rings. The number of aryl methyl sites for hydroxylation is 2. The predicted octanol–water partition coefficient (Wildman–Crippen LogP) is 4.80. The van der Waals surface area contributed by atoms with E-state index in [2.05, 4.69) is 20.5 Å². The van der Waals surface area contributed by atoms with Gasteiger partial charge in [-0.15, -0.1) is 0 Å². The number of hydrogen-bond donors (Lipinski definition) is 1. The van der Waals surface area contributed by atoms with Crippen molar-refractivity contribution >= 4 is 52.2 Å². The minimum atomic E-state index is -0.394. The van der Waals surface area contributed by atoms with Crippen LogP contribution in [0.25, 0.3) is 5.65 Å². The molecule has 0 aliphatic heterocycles. The van der Waals surface area contributed by atoms with Gasteiger partial charge < -0.3 is 5.32 Å². The van der Waals surface area contributed by atoms with E-state index in [1.807, 2.05) is 26.0 Å². The molecule has 10 heteroatoms. The van der Waals surface area contributed by atoms with Crippen LogP contribution in [0, 0.1) is 13.8 Å². The third-order valence-corrected chi connectivity index (χ3v) is 5.18. The SMILES string of the molecule is Cc1cc(C)n2ncc(C(=O)Nc3nn(Cc4ccc(Cl)cc4Cl)cc3Cl)c2n1. The first-order chi connectivity index (χ1) is 13.8. The zero-order chi connectivity index (χ0) is 20.7. The molecule has 3 heterocycles. The van der Waals surface area contributed by atoms with E-state index in [1.54, 1.807) is 27.5 Å². The van der Waals surface area contributed by atoms with Crippen LogP contribution in [0.4, 0.5) is 5.82 Å². The van der Waals surface area contributed by atoms with Crippen LogP contribution in [0.2, 0.25) is 15.1 Å². The Morgan fingerprint density at radius 2 is 1.93 bits per heavy atom. The summed E-state index contributed by atoms with van der Waals surface area (Å²) in [6.07, 6.45) is 3.09. The molecule has 0 radical (unpaired) electrons. The molecule has 7 nitrogen and oxygen atoms in total. The van der Waals surface area contributed by atoms with E-state index in [9.17, 15) is 4.79 Å². The number of halogens is 3. The minimum Gasteiger partial charge on any atom is -0.304 e. The quantitative estimate of drug-likeness (QED) is 0.485. The van der Waals surface area contributed by atoms with Crippen molar-refractivity contribution in [3.05, 3.63) is 74.2 Å². The smallest absolute Gasteiger partial charge is 0.262 e. The lowest BCUT2D eigenvalue weighted by atomic mass is 10.2. The monoisotopic (exact) mass is 448 g/mol. The van der Waals surface area contributed by atoms with E-state index < -0.39 is 5.91 Å². The lowest BCUT2D eigenvalue weighted by Crippen LogP contribution is -2.13. The van der Waals surface area contributed by atoms with Crippen LogP contribution in [-0.2, 0) is 6.54 Å². The molecule has 1 N–H and O–H groups in total. The van der Waals surface area contributed by atoms with Crippen LogP contribution in [0.1, 0.15) is 27.3 Å². The van der Waals surface area contributed by atoms with Crippen molar-refractivity contribution in [3.63, 3.8) is 0 Å². The summed E-state index contributed by atoms with van der Waals surface area (Å²) in [5.41, 5.74) is 3.32. The number of amides is 1. The highest BCUT2D eigenvalue weighted by Gasteiger charge is 2.18. The molecule has 0 aliphatic carbocycles. The topological polar surface area (TPSA) is 77.1 Å². The van der Waals surface area contributed by atoms with Gasteiger partial charge >= 0.3 is 0 Å². The van der Waals surface area contributed by atoms with Crippen LogP contribution in [-0.4, -0.2) is 30.3 Å². The molecule has 29 heavy (non-hydrogen) atoms. The van der Waals surface area contributed by atoms with Crippen LogP contribution in [0.15, 0.2) is 36.7 Å². The molecule has 148 valence electrons. The summed E-state index contributed by atoms with van der Waals surface area (Å²) in [7, 11) is 0. The first-order valence-corrected chi connectivity index (χ1v) is 9.75. The van der Waals surface area contributed by atoms with E-state index in [4.69, 9.17) is 34.8 Å². The van der Waals surface area contributed by atoms with E-state index in [-0.39, 0.29) is 5.82 Å². The summed E-state index contributed by atoms with van der Waals surface area (Å²) >= 11 is 18.4. The summed E-state index contributed by atoms with van der Waals surface area (Å²) in [5, 5.41) is 12.7. The van der Waals surface area contributed by atoms with Crippen molar-refractivity contribution in [2.45, 2.75) is 20.4 Å². The molecular weight excluding hydrogens is 435 g/mol. The first-order valence-electron chi connectivity index (χ1n) is 8.62. The summed E-state index contributed by atoms with van der Waals surface area (Å²) in [6, 6.07) is 7.11. The molecule has 1 amide bonds. The molecule has 0 saturated carbocycles. The number of nitrogens with one attached hydrogen (secondary N) is 1. The van der Waals surface area contributed by atoms with Gasteiger partial charge in [-0.05, 0) is 37.6 Å². The van der Waals surface area contributed by atoms with E-state index >= 15 is 0 Å². The summed E-state index contributed by atoms with van der Waals surface area (Å²) in [4.78, 5) is 17.2. The maximum atomic E-state index is 12.8. The number of rotatable bonds is 4. The highest BCUT2D eigenvalue weighted by Crippen LogP contribution is 2.25. The predicted molar refractivity (Wildman–Crippen MR) is 113 cm³/mol. The first kappa shape index (κ1) is 19.7. The van der Waals surface area contributed by atoms with Gasteiger partial charge in [-0.25, -0.2) is 9.50 Å². The second-order valence-corrected chi connectivity index (χ2v) is 7.80. The summed E-state index contributed by atoms with van der Waals surface area (Å²) in [6.45, 7) is 4.14. The van der Waals surface area contributed by atoms with E-state index in [0.717, 1.165) is 17.0 Å². The molecule has 0 bridgehead atoms. The highest BCUT2D eigenvalue weighted by atomic mass is 35.5. The van der Waals surface area contributed by atoms with Gasteiger partial charge in [0.15, 0.2) is 11.5 Å². The number of hydrogen-bond acceptors (Lipinski definition) is 4. The second-order valence-electron chi connectivity index (χ2n) is 6.55. The zero-order valence-corrected chi connectivity index (χ0v) is 17.7. The average molecular weight is 450 g/mol. The lowest BCUT2D eigenvalue weighted by molar-refractivity contribution is 0.102. The molecule has 0 atom stereocenters. The molecule has 0 fully saturated rings. The molecule has 0 aliphatic rings. The van der Waals surface area contributed by atoms with Crippen molar-refractivity contribution in [1.29, 1.82) is 0 Å². The van der Waals surface area contributed by atoms with Crippen LogP contribution in [0.3, 0.4) is 0 Å². The number of nitrogens with zero attached hydrogens (tertiary/aromatic N) is 5. The maximum Gasteiger partial charge on any atom is 0.262 e. The highest BCUT2D eigenvalue weighted by molar-refractivity contribution is 6.35. The second kappa shape index (κ2) is 7.67. The Kier molecular flexibility index (Phi) is 5.21. The van der Waals surface area contributed by atoms with E-state index in [0.29, 0.717) is 32.8 Å². The van der Waals surface area contributed by atoms with Gasteiger partial charge in [-0.3, -0.25) is 9.48 Å². The Labute approximate surface area is 181 Å². The zero-order valence-electron chi connectivity index (χ0n) is 15.4. The minimum absolute atomic E-state index is 0.241. The Hall–Kier alpha value is -2.61. The molecule has 3 aromatic heterocycles. The number of benzene rings is 1.